The van der Waals surface area contributed by atoms with Crippen molar-refractivity contribution < 1.29 is 9.53 Å². The fourth-order valence-corrected chi connectivity index (χ4v) is 4.11. The zero-order valence-electron chi connectivity index (χ0n) is 10.2. The molecule has 0 aromatic carbocycles. The fraction of sp³-hybridized carbons (Fsp3) is 0.923. The van der Waals surface area contributed by atoms with Crippen LogP contribution in [0, 0.1) is 5.92 Å². The molecule has 2 heterocycles. The van der Waals surface area contributed by atoms with Crippen molar-refractivity contribution in [1.82, 2.24) is 0 Å². The number of hydrogen-bond acceptors (Lipinski definition) is 3. The lowest BCUT2D eigenvalue weighted by Crippen LogP contribution is -2.42. The van der Waals surface area contributed by atoms with E-state index >= 15 is 0 Å². The first-order valence-electron chi connectivity index (χ1n) is 6.41. The summed E-state index contributed by atoms with van der Waals surface area (Å²) in [5, 5.41) is 0. The molecular weight excluding hydrogens is 220 g/mol. The zero-order chi connectivity index (χ0) is 11.4. The first kappa shape index (κ1) is 12.4. The lowest BCUT2D eigenvalue weighted by molar-refractivity contribution is -0.119. The Labute approximate surface area is 103 Å². The highest BCUT2D eigenvalue weighted by molar-refractivity contribution is 7.99. The first-order valence-corrected chi connectivity index (χ1v) is 7.57. The second kappa shape index (κ2) is 5.54. The molecule has 0 bridgehead atoms. The smallest absolute Gasteiger partial charge is 0.129 e. The van der Waals surface area contributed by atoms with Gasteiger partial charge in [-0.3, -0.25) is 0 Å². The number of rotatable bonds is 3. The van der Waals surface area contributed by atoms with Crippen LogP contribution >= 0.6 is 11.8 Å². The molecule has 2 aliphatic rings. The van der Waals surface area contributed by atoms with Gasteiger partial charge in [0.15, 0.2) is 0 Å². The van der Waals surface area contributed by atoms with E-state index < -0.39 is 0 Å². The molecule has 1 unspecified atom stereocenters. The average Bonchev–Trinajstić information content (AvgIpc) is 2.28. The van der Waals surface area contributed by atoms with E-state index in [2.05, 4.69) is 0 Å². The molecule has 2 fully saturated rings. The number of carbonyl (C=O) groups is 1. The van der Waals surface area contributed by atoms with E-state index in [0.29, 0.717) is 5.78 Å². The van der Waals surface area contributed by atoms with Crippen molar-refractivity contribution in [2.75, 3.05) is 18.1 Å². The van der Waals surface area contributed by atoms with Gasteiger partial charge in [-0.1, -0.05) is 0 Å². The van der Waals surface area contributed by atoms with Gasteiger partial charge in [-0.05, 0) is 56.5 Å². The van der Waals surface area contributed by atoms with Gasteiger partial charge in [0, 0.05) is 13.0 Å². The van der Waals surface area contributed by atoms with E-state index in [1.807, 2.05) is 11.8 Å². The lowest BCUT2D eigenvalue weighted by Gasteiger charge is -2.43. The Hall–Kier alpha value is -0.0200. The molecule has 2 rings (SSSR count). The van der Waals surface area contributed by atoms with E-state index in [4.69, 9.17) is 4.74 Å². The van der Waals surface area contributed by atoms with Crippen LogP contribution in [0.3, 0.4) is 0 Å². The van der Waals surface area contributed by atoms with Crippen LogP contribution in [0.1, 0.15) is 45.4 Å². The lowest BCUT2D eigenvalue weighted by atomic mass is 9.80. The van der Waals surface area contributed by atoms with E-state index in [-0.39, 0.29) is 5.60 Å². The third-order valence-corrected chi connectivity index (χ3v) is 4.89. The van der Waals surface area contributed by atoms with Gasteiger partial charge in [-0.15, -0.1) is 0 Å². The van der Waals surface area contributed by atoms with E-state index in [9.17, 15) is 4.79 Å². The highest BCUT2D eigenvalue weighted by Crippen LogP contribution is 2.40. The minimum atomic E-state index is 0.185. The van der Waals surface area contributed by atoms with Gasteiger partial charge in [0.2, 0.25) is 0 Å². The summed E-state index contributed by atoms with van der Waals surface area (Å²) >= 11 is 2.05. The Bertz CT molecular complexity index is 241. The van der Waals surface area contributed by atoms with Gasteiger partial charge in [-0.2, -0.15) is 11.8 Å². The molecule has 1 atom stereocenters. The van der Waals surface area contributed by atoms with Gasteiger partial charge >= 0.3 is 0 Å². The summed E-state index contributed by atoms with van der Waals surface area (Å²) in [6.45, 7) is 2.61. The number of carbonyl (C=O) groups excluding carboxylic acids is 1. The summed E-state index contributed by atoms with van der Waals surface area (Å²) in [4.78, 5) is 11.0. The Balaban J connectivity index is 1.85. The summed E-state index contributed by atoms with van der Waals surface area (Å²) in [6, 6.07) is 0. The predicted molar refractivity (Wildman–Crippen MR) is 67.9 cm³/mol. The number of Topliss-reactive ketones (excluding diaryl/α,β-unsaturated/α-hetero) is 1. The molecular formula is C13H22O2S. The summed E-state index contributed by atoms with van der Waals surface area (Å²) < 4.78 is 6.05. The zero-order valence-corrected chi connectivity index (χ0v) is 11.0. The number of ketones is 1. The van der Waals surface area contributed by atoms with Crippen LogP contribution in [0.5, 0.6) is 0 Å². The van der Waals surface area contributed by atoms with Crippen molar-refractivity contribution >= 4 is 17.5 Å². The molecule has 0 aromatic rings. The molecule has 2 saturated heterocycles. The maximum atomic E-state index is 11.0. The Kier molecular flexibility index (Phi) is 4.31. The minimum Gasteiger partial charge on any atom is -0.375 e. The second-order valence-electron chi connectivity index (χ2n) is 5.24. The van der Waals surface area contributed by atoms with Crippen LogP contribution in [0.25, 0.3) is 0 Å². The van der Waals surface area contributed by atoms with Crippen molar-refractivity contribution in [3.8, 4) is 0 Å². The molecule has 16 heavy (non-hydrogen) atoms. The fourth-order valence-electron chi connectivity index (χ4n) is 2.87. The van der Waals surface area contributed by atoms with Gasteiger partial charge in [0.25, 0.3) is 0 Å². The van der Waals surface area contributed by atoms with Crippen LogP contribution in [-0.2, 0) is 9.53 Å². The highest BCUT2D eigenvalue weighted by atomic mass is 32.2. The molecule has 1 spiro atoms. The summed E-state index contributed by atoms with van der Waals surface area (Å²) in [7, 11) is 0. The molecule has 2 aliphatic heterocycles. The van der Waals surface area contributed by atoms with Crippen LogP contribution in [0.2, 0.25) is 0 Å². The standard InChI is InChI=1S/C13H22O2S/c1-11(14)2-3-12-4-7-15-13(10-12)5-8-16-9-6-13/h12H,2-10H2,1H3. The van der Waals surface area contributed by atoms with Crippen molar-refractivity contribution in [3.05, 3.63) is 0 Å². The largest absolute Gasteiger partial charge is 0.375 e. The van der Waals surface area contributed by atoms with E-state index in [1.165, 1.54) is 30.8 Å². The Morgan fingerprint density at radius 1 is 1.44 bits per heavy atom. The number of thioether (sulfide) groups is 1. The summed E-state index contributed by atoms with van der Waals surface area (Å²) in [6.07, 6.45) is 6.62. The van der Waals surface area contributed by atoms with Gasteiger partial charge < -0.3 is 9.53 Å². The third-order valence-electron chi connectivity index (χ3n) is 3.90. The van der Waals surface area contributed by atoms with E-state index in [1.54, 1.807) is 6.92 Å². The normalized spacial score (nSPS) is 29.2. The summed E-state index contributed by atoms with van der Waals surface area (Å²) in [5.41, 5.74) is 0.185. The van der Waals surface area contributed by atoms with E-state index in [0.717, 1.165) is 31.8 Å². The topological polar surface area (TPSA) is 26.3 Å². The minimum absolute atomic E-state index is 0.185. The predicted octanol–water partition coefficient (Wildman–Crippen LogP) is 3.05. The van der Waals surface area contributed by atoms with Crippen molar-refractivity contribution in [1.29, 1.82) is 0 Å². The molecule has 0 aromatic heterocycles. The monoisotopic (exact) mass is 242 g/mol. The maximum Gasteiger partial charge on any atom is 0.129 e. The van der Waals surface area contributed by atoms with Gasteiger partial charge in [-0.25, -0.2) is 0 Å². The van der Waals surface area contributed by atoms with Crippen LogP contribution in [0.15, 0.2) is 0 Å². The third kappa shape index (κ3) is 3.24. The maximum absolute atomic E-state index is 11.0. The van der Waals surface area contributed by atoms with Crippen LogP contribution in [-0.4, -0.2) is 29.5 Å². The van der Waals surface area contributed by atoms with Crippen molar-refractivity contribution in [3.63, 3.8) is 0 Å². The number of ether oxygens (including phenoxy) is 1. The van der Waals surface area contributed by atoms with Gasteiger partial charge in [0.1, 0.15) is 5.78 Å². The van der Waals surface area contributed by atoms with Gasteiger partial charge in [0.05, 0.1) is 5.60 Å². The van der Waals surface area contributed by atoms with Crippen LogP contribution < -0.4 is 0 Å². The molecule has 0 aliphatic carbocycles. The average molecular weight is 242 g/mol. The molecule has 92 valence electrons. The van der Waals surface area contributed by atoms with Crippen molar-refractivity contribution in [2.45, 2.75) is 51.0 Å². The molecule has 0 radical (unpaired) electrons. The second-order valence-corrected chi connectivity index (χ2v) is 6.47. The Morgan fingerprint density at radius 2 is 2.19 bits per heavy atom. The molecule has 0 N–H and O–H groups in total. The Morgan fingerprint density at radius 3 is 2.88 bits per heavy atom. The molecule has 3 heteroatoms. The highest BCUT2D eigenvalue weighted by Gasteiger charge is 2.38. The first-order chi connectivity index (χ1) is 7.70. The summed E-state index contributed by atoms with van der Waals surface area (Å²) in [5.74, 6) is 3.55. The molecule has 0 saturated carbocycles. The number of hydrogen-bond donors (Lipinski definition) is 0. The molecule has 2 nitrogen and oxygen atoms in total. The van der Waals surface area contributed by atoms with Crippen molar-refractivity contribution in [2.24, 2.45) is 5.92 Å². The quantitative estimate of drug-likeness (QED) is 0.761. The SMILES string of the molecule is CC(=O)CCC1CCOC2(CCSCC2)C1. The van der Waals surface area contributed by atoms with Crippen LogP contribution in [0.4, 0.5) is 0 Å². The molecule has 0 amide bonds.